The van der Waals surface area contributed by atoms with Crippen LogP contribution in [0.15, 0.2) is 24.3 Å². The average molecular weight is 199 g/mol. The van der Waals surface area contributed by atoms with Gasteiger partial charge in [0, 0.05) is 25.7 Å². The molecule has 0 heterocycles. The first-order valence-electron chi connectivity index (χ1n) is 3.90. The van der Waals surface area contributed by atoms with Gasteiger partial charge in [-0.1, -0.05) is 12.1 Å². The van der Waals surface area contributed by atoms with Crippen LogP contribution in [0.3, 0.4) is 0 Å². The van der Waals surface area contributed by atoms with Crippen LogP contribution in [0, 0.1) is 10.1 Å². The summed E-state index contributed by atoms with van der Waals surface area (Å²) in [5.41, 5.74) is 7.91. The van der Waals surface area contributed by atoms with Crippen molar-refractivity contribution < 1.29 is 10.1 Å². The molecule has 0 radical (unpaired) electrons. The van der Waals surface area contributed by atoms with E-state index in [2.05, 4.69) is 0 Å². The lowest BCUT2D eigenvalue weighted by Gasteiger charge is -1.94. The van der Waals surface area contributed by atoms with Gasteiger partial charge >= 0.3 is 0 Å². The van der Waals surface area contributed by atoms with Crippen LogP contribution in [-0.4, -0.2) is 17.2 Å². The van der Waals surface area contributed by atoms with Gasteiger partial charge in [0.2, 0.25) is 0 Å². The fourth-order valence-corrected chi connectivity index (χ4v) is 0.797. The number of hydrogen-bond donors (Lipinski definition) is 3. The molecule has 0 aliphatic carbocycles. The zero-order valence-electron chi connectivity index (χ0n) is 7.80. The molecule has 1 aromatic carbocycles. The van der Waals surface area contributed by atoms with E-state index in [0.29, 0.717) is 6.54 Å². The molecule has 0 unspecified atom stereocenters. The molecule has 14 heavy (non-hydrogen) atoms. The number of nitrogens with zero attached hydrogens (tertiary/aromatic N) is 1. The van der Waals surface area contributed by atoms with E-state index in [4.69, 9.17) is 10.9 Å². The van der Waals surface area contributed by atoms with E-state index in [9.17, 15) is 10.1 Å². The molecule has 0 aromatic heterocycles. The van der Waals surface area contributed by atoms with Crippen molar-refractivity contribution in [1.29, 1.82) is 0 Å². The fourth-order valence-electron chi connectivity index (χ4n) is 0.797. The van der Waals surface area contributed by atoms with Crippen molar-refractivity contribution in [2.75, 3.05) is 7.05 Å². The number of nitro groups is 1. The summed E-state index contributed by atoms with van der Waals surface area (Å²) in [6, 6.07) is 6.30. The van der Waals surface area contributed by atoms with E-state index < -0.39 is 4.92 Å². The second kappa shape index (κ2) is 6.96. The van der Waals surface area contributed by atoms with Gasteiger partial charge in [0.15, 0.2) is 0 Å². The van der Waals surface area contributed by atoms with E-state index in [-0.39, 0.29) is 5.69 Å². The molecule has 1 rings (SSSR count). The van der Waals surface area contributed by atoms with Gasteiger partial charge in [-0.25, -0.2) is 5.48 Å². The number of nitrogens with two attached hydrogens (primary N) is 1. The second-order valence-corrected chi connectivity index (χ2v) is 2.35. The number of benzene rings is 1. The van der Waals surface area contributed by atoms with Gasteiger partial charge < -0.3 is 10.9 Å². The number of rotatable bonds is 2. The topological polar surface area (TPSA) is 101 Å². The normalized spacial score (nSPS) is 8.79. The quantitative estimate of drug-likeness (QED) is 0.479. The zero-order chi connectivity index (χ0) is 11.0. The molecule has 0 saturated heterocycles. The van der Waals surface area contributed by atoms with Gasteiger partial charge in [0.05, 0.1) is 4.92 Å². The monoisotopic (exact) mass is 199 g/mol. The van der Waals surface area contributed by atoms with E-state index in [0.717, 1.165) is 5.56 Å². The molecule has 6 nitrogen and oxygen atoms in total. The van der Waals surface area contributed by atoms with Crippen molar-refractivity contribution in [1.82, 2.24) is 5.48 Å². The Kier molecular flexibility index (Phi) is 6.21. The zero-order valence-corrected chi connectivity index (χ0v) is 7.80. The molecule has 78 valence electrons. The molecule has 0 amide bonds. The van der Waals surface area contributed by atoms with E-state index >= 15 is 0 Å². The van der Waals surface area contributed by atoms with Gasteiger partial charge in [-0.05, 0) is 5.56 Å². The van der Waals surface area contributed by atoms with Crippen molar-refractivity contribution in [2.45, 2.75) is 6.54 Å². The third kappa shape index (κ3) is 4.51. The molecule has 6 heteroatoms. The van der Waals surface area contributed by atoms with Crippen molar-refractivity contribution in [3.63, 3.8) is 0 Å². The third-order valence-corrected chi connectivity index (χ3v) is 1.36. The predicted octanol–water partition coefficient (Wildman–Crippen LogP) is 0.648. The first kappa shape index (κ1) is 12.5. The summed E-state index contributed by atoms with van der Waals surface area (Å²) in [6.45, 7) is 0.335. The lowest BCUT2D eigenvalue weighted by Crippen LogP contribution is -1.97. The summed E-state index contributed by atoms with van der Waals surface area (Å²) in [5, 5.41) is 17.6. The van der Waals surface area contributed by atoms with Crippen LogP contribution in [0.1, 0.15) is 5.56 Å². The Balaban J connectivity index is 0.000000500. The first-order chi connectivity index (χ1) is 6.65. The fraction of sp³-hybridized carbons (Fsp3) is 0.250. The number of nitro benzene ring substituents is 1. The van der Waals surface area contributed by atoms with E-state index in [1.165, 1.54) is 19.2 Å². The Bertz CT molecular complexity index is 291. The number of nitrogens with one attached hydrogen (secondary N) is 1. The standard InChI is InChI=1S/C7H8N2O2.CH5NO/c8-5-6-2-1-3-7(4-6)9(10)11;1-2-3/h1-4H,5,8H2;2-3H,1H3. The largest absolute Gasteiger partial charge is 0.326 e. The van der Waals surface area contributed by atoms with Crippen molar-refractivity contribution in [2.24, 2.45) is 5.73 Å². The third-order valence-electron chi connectivity index (χ3n) is 1.36. The smallest absolute Gasteiger partial charge is 0.269 e. The highest BCUT2D eigenvalue weighted by Gasteiger charge is 2.03. The minimum Gasteiger partial charge on any atom is -0.326 e. The molecule has 0 aliphatic rings. The lowest BCUT2D eigenvalue weighted by molar-refractivity contribution is -0.384. The Labute approximate surface area is 81.5 Å². The summed E-state index contributed by atoms with van der Waals surface area (Å²) < 4.78 is 0. The maximum absolute atomic E-state index is 10.2. The van der Waals surface area contributed by atoms with Gasteiger partial charge in [-0.2, -0.15) is 0 Å². The minimum absolute atomic E-state index is 0.0907. The Morgan fingerprint density at radius 1 is 1.64 bits per heavy atom. The molecule has 1 aromatic rings. The number of hydrogen-bond acceptors (Lipinski definition) is 5. The summed E-state index contributed by atoms with van der Waals surface area (Å²) in [4.78, 5) is 9.80. The van der Waals surface area contributed by atoms with Gasteiger partial charge in [0.25, 0.3) is 5.69 Å². The molecule has 4 N–H and O–H groups in total. The van der Waals surface area contributed by atoms with Gasteiger partial charge in [-0.3, -0.25) is 10.1 Å². The summed E-state index contributed by atoms with van der Waals surface area (Å²) in [6.07, 6.45) is 0. The van der Waals surface area contributed by atoms with Crippen molar-refractivity contribution >= 4 is 5.69 Å². The van der Waals surface area contributed by atoms with Crippen LogP contribution >= 0.6 is 0 Å². The van der Waals surface area contributed by atoms with E-state index in [1.54, 1.807) is 17.6 Å². The molecule has 0 bridgehead atoms. The maximum Gasteiger partial charge on any atom is 0.269 e. The summed E-state index contributed by atoms with van der Waals surface area (Å²) in [7, 11) is 1.43. The first-order valence-corrected chi connectivity index (χ1v) is 3.90. The highest BCUT2D eigenvalue weighted by Crippen LogP contribution is 2.11. The van der Waals surface area contributed by atoms with Crippen LogP contribution in [0.2, 0.25) is 0 Å². The molecule has 0 spiro atoms. The van der Waals surface area contributed by atoms with Crippen LogP contribution in [-0.2, 0) is 6.54 Å². The van der Waals surface area contributed by atoms with Crippen LogP contribution < -0.4 is 11.2 Å². The van der Waals surface area contributed by atoms with E-state index in [1.807, 2.05) is 0 Å². The van der Waals surface area contributed by atoms with Crippen LogP contribution in [0.5, 0.6) is 0 Å². The molecular formula is C8H13N3O3. The second-order valence-electron chi connectivity index (χ2n) is 2.35. The minimum atomic E-state index is -0.431. The predicted molar refractivity (Wildman–Crippen MR) is 51.8 cm³/mol. The Morgan fingerprint density at radius 3 is 2.64 bits per heavy atom. The van der Waals surface area contributed by atoms with Crippen LogP contribution in [0.4, 0.5) is 5.69 Å². The van der Waals surface area contributed by atoms with Crippen molar-refractivity contribution in [3.05, 3.63) is 39.9 Å². The summed E-state index contributed by atoms with van der Waals surface area (Å²) in [5.74, 6) is 0. The molecule has 0 saturated carbocycles. The molecule has 0 atom stereocenters. The highest BCUT2D eigenvalue weighted by atomic mass is 16.6. The highest BCUT2D eigenvalue weighted by molar-refractivity contribution is 5.33. The average Bonchev–Trinajstić information content (AvgIpc) is 2.19. The molecule has 0 fully saturated rings. The van der Waals surface area contributed by atoms with Gasteiger partial charge in [0.1, 0.15) is 0 Å². The lowest BCUT2D eigenvalue weighted by atomic mass is 10.2. The molecule has 0 aliphatic heterocycles. The van der Waals surface area contributed by atoms with Crippen molar-refractivity contribution in [3.8, 4) is 0 Å². The van der Waals surface area contributed by atoms with Crippen LogP contribution in [0.25, 0.3) is 0 Å². The molecular weight excluding hydrogens is 186 g/mol. The maximum atomic E-state index is 10.2. The Hall–Kier alpha value is -1.50. The number of hydroxylamine groups is 1. The number of non-ortho nitro benzene ring substituents is 1. The van der Waals surface area contributed by atoms with Gasteiger partial charge in [-0.15, -0.1) is 0 Å². The Morgan fingerprint density at radius 2 is 2.21 bits per heavy atom. The SMILES string of the molecule is CNO.NCc1cccc([N+](=O)[O-])c1. The summed E-state index contributed by atoms with van der Waals surface area (Å²) >= 11 is 0.